The van der Waals surface area contributed by atoms with Crippen LogP contribution >= 0.6 is 0 Å². The Morgan fingerprint density at radius 2 is 2.11 bits per heavy atom. The number of nitrogens with zero attached hydrogens (tertiary/aromatic N) is 1. The van der Waals surface area contributed by atoms with E-state index in [1.807, 2.05) is 24.4 Å². The van der Waals surface area contributed by atoms with Crippen LogP contribution in [-0.4, -0.2) is 15.9 Å². The summed E-state index contributed by atoms with van der Waals surface area (Å²) in [5, 5.41) is 3.69. The molecular formula is C14H12N4O. The predicted octanol–water partition coefficient (Wildman–Crippen LogP) is 2.40. The van der Waals surface area contributed by atoms with Crippen LogP contribution in [0.4, 0.5) is 11.5 Å². The molecule has 3 aromatic rings. The number of nitrogens with one attached hydrogen (secondary N) is 2. The molecule has 0 saturated carbocycles. The molecule has 5 heteroatoms. The van der Waals surface area contributed by atoms with E-state index in [1.54, 1.807) is 18.2 Å². The first-order valence-corrected chi connectivity index (χ1v) is 5.83. The van der Waals surface area contributed by atoms with Crippen LogP contribution in [0.25, 0.3) is 10.9 Å². The van der Waals surface area contributed by atoms with E-state index < -0.39 is 0 Å². The van der Waals surface area contributed by atoms with Gasteiger partial charge in [-0.1, -0.05) is 6.07 Å². The zero-order chi connectivity index (χ0) is 13.2. The van der Waals surface area contributed by atoms with Gasteiger partial charge in [-0.05, 0) is 30.3 Å². The number of pyridine rings is 1. The molecule has 4 N–H and O–H groups in total. The number of carbonyl (C=O) groups is 1. The molecule has 19 heavy (non-hydrogen) atoms. The van der Waals surface area contributed by atoms with Crippen LogP contribution in [0.5, 0.6) is 0 Å². The van der Waals surface area contributed by atoms with Gasteiger partial charge in [0.15, 0.2) is 0 Å². The van der Waals surface area contributed by atoms with E-state index in [-0.39, 0.29) is 5.91 Å². The molecule has 0 aliphatic heterocycles. The number of aromatic amines is 1. The second-order valence-electron chi connectivity index (χ2n) is 4.17. The molecule has 2 aromatic heterocycles. The Bertz CT molecular complexity index is 731. The molecule has 0 atom stereocenters. The molecule has 5 nitrogen and oxygen atoms in total. The van der Waals surface area contributed by atoms with Crippen LogP contribution in [0.15, 0.2) is 48.8 Å². The summed E-state index contributed by atoms with van der Waals surface area (Å²) in [6.45, 7) is 0. The molecule has 0 aliphatic carbocycles. The second-order valence-corrected chi connectivity index (χ2v) is 4.17. The number of H-pyrrole nitrogens is 1. The van der Waals surface area contributed by atoms with Gasteiger partial charge >= 0.3 is 0 Å². The zero-order valence-corrected chi connectivity index (χ0v) is 10.1. The Hall–Kier alpha value is -2.82. The lowest BCUT2D eigenvalue weighted by molar-refractivity contribution is 0.102. The second kappa shape index (κ2) is 4.45. The summed E-state index contributed by atoms with van der Waals surface area (Å²) < 4.78 is 0. The molecule has 0 unspecified atom stereocenters. The highest BCUT2D eigenvalue weighted by atomic mass is 16.1. The zero-order valence-electron chi connectivity index (χ0n) is 10.1. The van der Waals surface area contributed by atoms with E-state index in [4.69, 9.17) is 5.73 Å². The normalized spacial score (nSPS) is 10.5. The summed E-state index contributed by atoms with van der Waals surface area (Å²) in [5.41, 5.74) is 7.67. The fourth-order valence-corrected chi connectivity index (χ4v) is 1.96. The monoisotopic (exact) mass is 252 g/mol. The van der Waals surface area contributed by atoms with Gasteiger partial charge in [-0.15, -0.1) is 0 Å². The quantitative estimate of drug-likeness (QED) is 0.654. The third kappa shape index (κ3) is 2.13. The SMILES string of the molecule is Nc1ccc(NC(=O)c2cccc3[nH]ccc23)cn1. The summed E-state index contributed by atoms with van der Waals surface area (Å²) in [7, 11) is 0. The topological polar surface area (TPSA) is 83.8 Å². The van der Waals surface area contributed by atoms with Crippen LogP contribution in [0, 0.1) is 0 Å². The van der Waals surface area contributed by atoms with Crippen LogP contribution in [0.3, 0.4) is 0 Å². The minimum absolute atomic E-state index is 0.170. The lowest BCUT2D eigenvalue weighted by Gasteiger charge is -2.06. The van der Waals surface area contributed by atoms with Crippen molar-refractivity contribution < 1.29 is 4.79 Å². The number of hydrogen-bond acceptors (Lipinski definition) is 3. The molecule has 0 radical (unpaired) electrons. The minimum Gasteiger partial charge on any atom is -0.384 e. The van der Waals surface area contributed by atoms with Gasteiger partial charge in [-0.2, -0.15) is 0 Å². The van der Waals surface area contributed by atoms with Gasteiger partial charge in [0.05, 0.1) is 11.9 Å². The maximum absolute atomic E-state index is 12.2. The van der Waals surface area contributed by atoms with Crippen molar-refractivity contribution in [1.82, 2.24) is 9.97 Å². The van der Waals surface area contributed by atoms with Crippen molar-refractivity contribution >= 4 is 28.3 Å². The smallest absolute Gasteiger partial charge is 0.256 e. The molecule has 94 valence electrons. The molecule has 1 aromatic carbocycles. The first kappa shape index (κ1) is 11.3. The molecular weight excluding hydrogens is 240 g/mol. The van der Waals surface area contributed by atoms with Gasteiger partial charge in [-0.25, -0.2) is 4.98 Å². The highest BCUT2D eigenvalue weighted by molar-refractivity contribution is 6.12. The van der Waals surface area contributed by atoms with Crippen molar-refractivity contribution in [2.75, 3.05) is 11.1 Å². The summed E-state index contributed by atoms with van der Waals surface area (Å²) >= 11 is 0. The molecule has 2 heterocycles. The third-order valence-electron chi connectivity index (χ3n) is 2.88. The number of anilines is 2. The summed E-state index contributed by atoms with van der Waals surface area (Å²) in [4.78, 5) is 19.2. The van der Waals surface area contributed by atoms with E-state index in [0.717, 1.165) is 10.9 Å². The van der Waals surface area contributed by atoms with Crippen LogP contribution < -0.4 is 11.1 Å². The lowest BCUT2D eigenvalue weighted by Crippen LogP contribution is -2.12. The number of amides is 1. The number of aromatic nitrogens is 2. The standard InChI is InChI=1S/C14H12N4O/c15-13-5-4-9(8-17-13)18-14(19)11-2-1-3-12-10(11)6-7-16-12/h1-8,16H,(H2,15,17)(H,18,19). The first-order valence-electron chi connectivity index (χ1n) is 5.83. The summed E-state index contributed by atoms with van der Waals surface area (Å²) in [6.07, 6.45) is 3.34. The highest BCUT2D eigenvalue weighted by Crippen LogP contribution is 2.18. The molecule has 3 rings (SSSR count). The van der Waals surface area contributed by atoms with Crippen LogP contribution in [0.1, 0.15) is 10.4 Å². The maximum atomic E-state index is 12.2. The molecule has 0 fully saturated rings. The molecule has 0 bridgehead atoms. The average molecular weight is 252 g/mol. The number of carbonyl (C=O) groups excluding carboxylic acids is 1. The Morgan fingerprint density at radius 3 is 2.89 bits per heavy atom. The van der Waals surface area contributed by atoms with E-state index in [2.05, 4.69) is 15.3 Å². The largest absolute Gasteiger partial charge is 0.384 e. The lowest BCUT2D eigenvalue weighted by atomic mass is 10.1. The number of nitrogen functional groups attached to an aromatic ring is 1. The van der Waals surface area contributed by atoms with Gasteiger partial charge in [0.2, 0.25) is 0 Å². The van der Waals surface area contributed by atoms with Crippen molar-refractivity contribution in [1.29, 1.82) is 0 Å². The maximum Gasteiger partial charge on any atom is 0.256 e. The number of nitrogens with two attached hydrogens (primary N) is 1. The van der Waals surface area contributed by atoms with Gasteiger partial charge in [0, 0.05) is 22.7 Å². The fourth-order valence-electron chi connectivity index (χ4n) is 1.96. The van der Waals surface area contributed by atoms with Crippen molar-refractivity contribution in [3.05, 3.63) is 54.4 Å². The van der Waals surface area contributed by atoms with Gasteiger partial charge in [0.1, 0.15) is 5.82 Å². The Morgan fingerprint density at radius 1 is 1.21 bits per heavy atom. The number of benzene rings is 1. The third-order valence-corrected chi connectivity index (χ3v) is 2.88. The highest BCUT2D eigenvalue weighted by Gasteiger charge is 2.10. The predicted molar refractivity (Wildman–Crippen MR) is 74.9 cm³/mol. The number of hydrogen-bond donors (Lipinski definition) is 3. The molecule has 1 amide bonds. The van der Waals surface area contributed by atoms with Gasteiger partial charge in [-0.3, -0.25) is 4.79 Å². The average Bonchev–Trinajstić information content (AvgIpc) is 2.89. The minimum atomic E-state index is -0.170. The van der Waals surface area contributed by atoms with Crippen LogP contribution in [-0.2, 0) is 0 Å². The Kier molecular flexibility index (Phi) is 2.64. The van der Waals surface area contributed by atoms with E-state index >= 15 is 0 Å². The summed E-state index contributed by atoms with van der Waals surface area (Å²) in [5.74, 6) is 0.252. The molecule has 0 saturated heterocycles. The number of fused-ring (bicyclic) bond motifs is 1. The van der Waals surface area contributed by atoms with Crippen molar-refractivity contribution in [2.24, 2.45) is 0 Å². The first-order chi connectivity index (χ1) is 9.24. The van der Waals surface area contributed by atoms with Crippen molar-refractivity contribution in [2.45, 2.75) is 0 Å². The van der Waals surface area contributed by atoms with Crippen molar-refractivity contribution in [3.63, 3.8) is 0 Å². The molecule has 0 spiro atoms. The van der Waals surface area contributed by atoms with Gasteiger partial charge < -0.3 is 16.0 Å². The van der Waals surface area contributed by atoms with Crippen LogP contribution in [0.2, 0.25) is 0 Å². The summed E-state index contributed by atoms with van der Waals surface area (Å²) in [6, 6.07) is 10.8. The Labute approximate surface area is 109 Å². The van der Waals surface area contributed by atoms with Gasteiger partial charge in [0.25, 0.3) is 5.91 Å². The van der Waals surface area contributed by atoms with E-state index in [1.165, 1.54) is 6.20 Å². The Balaban J connectivity index is 1.92. The van der Waals surface area contributed by atoms with Crippen molar-refractivity contribution in [3.8, 4) is 0 Å². The fraction of sp³-hybridized carbons (Fsp3) is 0. The van der Waals surface area contributed by atoms with E-state index in [0.29, 0.717) is 17.1 Å². The number of rotatable bonds is 2. The molecule has 0 aliphatic rings. The van der Waals surface area contributed by atoms with E-state index in [9.17, 15) is 4.79 Å².